The van der Waals surface area contributed by atoms with Gasteiger partial charge in [-0.15, -0.1) is 0 Å². The summed E-state index contributed by atoms with van der Waals surface area (Å²) in [5.41, 5.74) is 14.6. The van der Waals surface area contributed by atoms with E-state index >= 15 is 0 Å². The van der Waals surface area contributed by atoms with Crippen LogP contribution in [0.15, 0.2) is 253 Å². The van der Waals surface area contributed by atoms with E-state index in [-0.39, 0.29) is 0 Å². The van der Waals surface area contributed by atoms with Crippen molar-refractivity contribution in [3.63, 3.8) is 0 Å². The third kappa shape index (κ3) is 6.18. The molecule has 308 valence electrons. The molecule has 0 spiro atoms. The maximum atomic E-state index is 6.45. The van der Waals surface area contributed by atoms with Crippen molar-refractivity contribution in [1.29, 1.82) is 0 Å². The molecule has 66 heavy (non-hydrogen) atoms. The van der Waals surface area contributed by atoms with Gasteiger partial charge in [-0.1, -0.05) is 200 Å². The molecule has 13 rings (SSSR count). The largest absolute Gasteiger partial charge is 0.456 e. The zero-order valence-corrected chi connectivity index (χ0v) is 36.0. The quantitative estimate of drug-likeness (QED) is 0.149. The van der Waals surface area contributed by atoms with Crippen LogP contribution in [-0.2, 0) is 0 Å². The molecule has 0 bridgehead atoms. The molecule has 0 atom stereocenters. The number of para-hydroxylation sites is 1. The first kappa shape index (κ1) is 37.8. The highest BCUT2D eigenvalue weighted by atomic mass is 16.3. The molecule has 0 unspecified atom stereocenters. The van der Waals surface area contributed by atoms with Crippen LogP contribution in [0.25, 0.3) is 110 Å². The number of anilines is 3. The Balaban J connectivity index is 0.962. The highest BCUT2D eigenvalue weighted by Gasteiger charge is 2.21. The van der Waals surface area contributed by atoms with Gasteiger partial charge in [-0.3, -0.25) is 0 Å². The van der Waals surface area contributed by atoms with Crippen molar-refractivity contribution in [3.05, 3.63) is 249 Å². The predicted octanol–water partition coefficient (Wildman–Crippen LogP) is 18.3. The van der Waals surface area contributed by atoms with E-state index in [0.717, 1.165) is 44.6 Å². The normalized spacial score (nSPS) is 11.6. The highest BCUT2D eigenvalue weighted by molar-refractivity contribution is 6.22. The summed E-state index contributed by atoms with van der Waals surface area (Å²) < 4.78 is 6.45. The third-order valence-corrected chi connectivity index (χ3v) is 13.5. The maximum absolute atomic E-state index is 6.45. The summed E-state index contributed by atoms with van der Waals surface area (Å²) in [4.78, 5) is 2.38. The molecular weight excluding hydrogens is 799 g/mol. The molecule has 12 aromatic carbocycles. The van der Waals surface area contributed by atoms with Crippen LogP contribution in [0.1, 0.15) is 0 Å². The van der Waals surface area contributed by atoms with Crippen molar-refractivity contribution in [3.8, 4) is 44.5 Å². The summed E-state index contributed by atoms with van der Waals surface area (Å²) >= 11 is 0. The van der Waals surface area contributed by atoms with Crippen LogP contribution in [-0.4, -0.2) is 0 Å². The van der Waals surface area contributed by atoms with E-state index in [2.05, 4.69) is 248 Å². The van der Waals surface area contributed by atoms with Crippen molar-refractivity contribution in [2.45, 2.75) is 0 Å². The SMILES string of the molecule is c1ccc(-c2c(-c3ccccc3)c3cc(-c4ccc(N(c5ccc(-c6cccc7c6ccc6ccccc67)cc5)c5cccc6oc7ccccc7c56)cc4)ccc3c3ccccc23)cc1. The van der Waals surface area contributed by atoms with Gasteiger partial charge in [0.2, 0.25) is 0 Å². The Labute approximate surface area is 382 Å². The van der Waals surface area contributed by atoms with Crippen LogP contribution in [0.5, 0.6) is 0 Å². The minimum absolute atomic E-state index is 0.864. The lowest BCUT2D eigenvalue weighted by Crippen LogP contribution is -2.10. The van der Waals surface area contributed by atoms with Crippen LogP contribution in [0.4, 0.5) is 17.1 Å². The molecule has 0 aliphatic carbocycles. The lowest BCUT2D eigenvalue weighted by Gasteiger charge is -2.27. The lowest BCUT2D eigenvalue weighted by atomic mass is 9.84. The van der Waals surface area contributed by atoms with Crippen molar-refractivity contribution in [2.24, 2.45) is 0 Å². The Kier molecular flexibility index (Phi) is 8.89. The van der Waals surface area contributed by atoms with Crippen LogP contribution in [0.3, 0.4) is 0 Å². The van der Waals surface area contributed by atoms with Gasteiger partial charge in [0.1, 0.15) is 11.2 Å². The molecule has 1 aromatic heterocycles. The maximum Gasteiger partial charge on any atom is 0.137 e. The van der Waals surface area contributed by atoms with Crippen LogP contribution < -0.4 is 4.90 Å². The summed E-state index contributed by atoms with van der Waals surface area (Å²) in [5, 5.41) is 12.2. The first-order valence-electron chi connectivity index (χ1n) is 22.7. The molecule has 2 heteroatoms. The molecule has 0 aliphatic heterocycles. The number of rotatable bonds is 7. The molecule has 1 heterocycles. The average molecular weight is 840 g/mol. The Morgan fingerprint density at radius 3 is 1.53 bits per heavy atom. The van der Waals surface area contributed by atoms with Gasteiger partial charge in [-0.05, 0) is 136 Å². The van der Waals surface area contributed by atoms with Crippen molar-refractivity contribution in [1.82, 2.24) is 0 Å². The standard InChI is InChI=1S/C64H41NO/c1-3-16-45(17-4-1)62-56-22-10-9-21-53(56)55-40-34-47(41-58(55)63(62)46-18-5-2-6-19-46)42-29-35-48(36-30-42)65(59-26-14-28-61-64(59)57-23-11-12-27-60(57)66-61)49-37-31-44(32-38-49)51-24-13-25-52-50-20-8-7-15-43(50)33-39-54(51)52/h1-41H. The van der Waals surface area contributed by atoms with E-state index in [4.69, 9.17) is 4.42 Å². The van der Waals surface area contributed by atoms with Crippen LogP contribution >= 0.6 is 0 Å². The van der Waals surface area contributed by atoms with Gasteiger partial charge in [-0.2, -0.15) is 0 Å². The van der Waals surface area contributed by atoms with Crippen LogP contribution in [0, 0.1) is 0 Å². The smallest absolute Gasteiger partial charge is 0.137 e. The summed E-state index contributed by atoms with van der Waals surface area (Å²) in [7, 11) is 0. The molecule has 0 aliphatic rings. The van der Waals surface area contributed by atoms with Crippen molar-refractivity contribution >= 4 is 82.1 Å². The Hall–Kier alpha value is -8.72. The summed E-state index contributed by atoms with van der Waals surface area (Å²) in [6.07, 6.45) is 0. The van der Waals surface area contributed by atoms with E-state index in [9.17, 15) is 0 Å². The molecule has 0 saturated heterocycles. The van der Waals surface area contributed by atoms with Gasteiger partial charge in [-0.25, -0.2) is 0 Å². The summed E-state index contributed by atoms with van der Waals surface area (Å²) in [6.45, 7) is 0. The number of hydrogen-bond acceptors (Lipinski definition) is 2. The van der Waals surface area contributed by atoms with Crippen molar-refractivity contribution < 1.29 is 4.42 Å². The predicted molar refractivity (Wildman–Crippen MR) is 280 cm³/mol. The fourth-order valence-corrected chi connectivity index (χ4v) is 10.4. The molecule has 0 saturated carbocycles. The number of furan rings is 1. The second kappa shape index (κ2) is 15.5. The zero-order chi connectivity index (χ0) is 43.6. The van der Waals surface area contributed by atoms with Gasteiger partial charge in [0, 0.05) is 16.8 Å². The Bertz CT molecular complexity index is 3960. The summed E-state index contributed by atoms with van der Waals surface area (Å²) in [5.74, 6) is 0. The number of nitrogens with zero attached hydrogens (tertiary/aromatic N) is 1. The molecular formula is C64H41NO. The van der Waals surface area contributed by atoms with Gasteiger partial charge in [0.15, 0.2) is 0 Å². The Morgan fingerprint density at radius 2 is 0.788 bits per heavy atom. The Morgan fingerprint density at radius 1 is 0.273 bits per heavy atom. The van der Waals surface area contributed by atoms with Crippen molar-refractivity contribution in [2.75, 3.05) is 4.90 Å². The monoisotopic (exact) mass is 839 g/mol. The number of hydrogen-bond donors (Lipinski definition) is 0. The fourth-order valence-electron chi connectivity index (χ4n) is 10.4. The summed E-state index contributed by atoms with van der Waals surface area (Å²) in [6, 6.07) is 90.2. The second-order valence-electron chi connectivity index (χ2n) is 17.2. The number of benzene rings is 12. The number of fused-ring (bicyclic) bond motifs is 9. The van der Waals surface area contributed by atoms with Gasteiger partial charge >= 0.3 is 0 Å². The van der Waals surface area contributed by atoms with E-state index in [0.29, 0.717) is 0 Å². The highest BCUT2D eigenvalue weighted by Crippen LogP contribution is 2.47. The van der Waals surface area contributed by atoms with E-state index in [1.54, 1.807) is 0 Å². The fraction of sp³-hybridized carbons (Fsp3) is 0. The van der Waals surface area contributed by atoms with Gasteiger partial charge in [0.05, 0.1) is 11.1 Å². The second-order valence-corrected chi connectivity index (χ2v) is 17.2. The molecule has 0 fully saturated rings. The van der Waals surface area contributed by atoms with E-state index in [1.807, 2.05) is 6.07 Å². The van der Waals surface area contributed by atoms with Gasteiger partial charge in [0.25, 0.3) is 0 Å². The molecule has 0 amide bonds. The van der Waals surface area contributed by atoms with E-state index < -0.39 is 0 Å². The van der Waals surface area contributed by atoms with Gasteiger partial charge < -0.3 is 9.32 Å². The first-order valence-corrected chi connectivity index (χ1v) is 22.7. The average Bonchev–Trinajstić information content (AvgIpc) is 3.78. The minimum atomic E-state index is 0.864. The minimum Gasteiger partial charge on any atom is -0.456 e. The molecule has 0 N–H and O–H groups in total. The zero-order valence-electron chi connectivity index (χ0n) is 36.0. The van der Waals surface area contributed by atoms with E-state index in [1.165, 1.54) is 82.0 Å². The lowest BCUT2D eigenvalue weighted by molar-refractivity contribution is 0.669. The first-order chi connectivity index (χ1) is 32.7. The topological polar surface area (TPSA) is 16.4 Å². The third-order valence-electron chi connectivity index (χ3n) is 13.5. The molecule has 13 aromatic rings. The van der Waals surface area contributed by atoms with Crippen LogP contribution in [0.2, 0.25) is 0 Å². The molecule has 0 radical (unpaired) electrons. The molecule has 2 nitrogen and oxygen atoms in total.